The lowest BCUT2D eigenvalue weighted by Crippen LogP contribution is -2.02. The minimum absolute atomic E-state index is 0.0849. The summed E-state index contributed by atoms with van der Waals surface area (Å²) in [5, 5.41) is 1.22. The summed E-state index contributed by atoms with van der Waals surface area (Å²) in [6.07, 6.45) is 6.55. The zero-order valence-electron chi connectivity index (χ0n) is 22.1. The molecule has 4 aromatic carbocycles. The van der Waals surface area contributed by atoms with Crippen LogP contribution in [0.1, 0.15) is 60.4 Å². The van der Waals surface area contributed by atoms with E-state index in [1.54, 1.807) is 30.3 Å². The van der Waals surface area contributed by atoms with Crippen molar-refractivity contribution in [1.82, 2.24) is 0 Å². The largest absolute Gasteiger partial charge is 0.435 e. The van der Waals surface area contributed by atoms with E-state index in [0.717, 1.165) is 42.2 Å². The molecular weight excluding hydrogens is 507 g/mol. The van der Waals surface area contributed by atoms with Gasteiger partial charge in [0.25, 0.3) is 0 Å². The van der Waals surface area contributed by atoms with Gasteiger partial charge in [0.15, 0.2) is 0 Å². The number of hydrogen-bond acceptors (Lipinski definition) is 1. The van der Waals surface area contributed by atoms with Crippen LogP contribution < -0.4 is 4.74 Å². The van der Waals surface area contributed by atoms with Crippen molar-refractivity contribution in [3.63, 3.8) is 0 Å². The molecule has 0 heterocycles. The predicted molar refractivity (Wildman–Crippen MR) is 146 cm³/mol. The van der Waals surface area contributed by atoms with Crippen LogP contribution in [0.4, 0.5) is 22.0 Å². The molecule has 0 aliphatic rings. The van der Waals surface area contributed by atoms with Crippen LogP contribution in [0.2, 0.25) is 0 Å². The minimum Gasteiger partial charge on any atom is -0.435 e. The number of unbranched alkanes of at least 4 members (excludes halogenated alkanes) is 3. The van der Waals surface area contributed by atoms with Crippen LogP contribution in [0.3, 0.4) is 0 Å². The van der Waals surface area contributed by atoms with E-state index in [2.05, 4.69) is 11.7 Å². The molecule has 0 atom stereocenters. The Kier molecular flexibility index (Phi) is 9.96. The summed E-state index contributed by atoms with van der Waals surface area (Å²) in [6.45, 7) is -0.747. The highest BCUT2D eigenvalue weighted by atomic mass is 19.3. The minimum atomic E-state index is -2.87. The van der Waals surface area contributed by atoms with Crippen molar-refractivity contribution in [2.24, 2.45) is 0 Å². The second kappa shape index (κ2) is 13.6. The topological polar surface area (TPSA) is 9.23 Å². The van der Waals surface area contributed by atoms with Gasteiger partial charge >= 0.3 is 6.61 Å². The molecule has 0 unspecified atom stereocenters. The molecule has 6 heteroatoms. The number of rotatable bonds is 13. The van der Waals surface area contributed by atoms with E-state index in [0.29, 0.717) is 42.2 Å². The van der Waals surface area contributed by atoms with Crippen molar-refractivity contribution in [2.75, 3.05) is 0 Å². The Morgan fingerprint density at radius 1 is 0.641 bits per heavy atom. The first-order valence-electron chi connectivity index (χ1n) is 13.5. The summed E-state index contributed by atoms with van der Waals surface area (Å²) in [4.78, 5) is 0. The summed E-state index contributed by atoms with van der Waals surface area (Å²) < 4.78 is 73.6. The highest BCUT2D eigenvalue weighted by Gasteiger charge is 2.13. The second-order valence-electron chi connectivity index (χ2n) is 9.97. The van der Waals surface area contributed by atoms with Gasteiger partial charge in [0, 0.05) is 10.9 Å². The van der Waals surface area contributed by atoms with Crippen LogP contribution in [0.25, 0.3) is 10.8 Å². The number of fused-ring (bicyclic) bond motifs is 1. The normalized spacial score (nSPS) is 11.5. The van der Waals surface area contributed by atoms with Gasteiger partial charge in [-0.3, -0.25) is 0 Å². The highest BCUT2D eigenvalue weighted by molar-refractivity contribution is 5.84. The van der Waals surface area contributed by atoms with Crippen LogP contribution in [0.15, 0.2) is 66.7 Å². The molecule has 206 valence electrons. The summed E-state index contributed by atoms with van der Waals surface area (Å²) in [7, 11) is 0. The lowest BCUT2D eigenvalue weighted by atomic mass is 9.96. The van der Waals surface area contributed by atoms with Gasteiger partial charge in [-0.2, -0.15) is 8.78 Å². The number of ether oxygens (including phenoxy) is 1. The molecule has 0 N–H and O–H groups in total. The van der Waals surface area contributed by atoms with Crippen molar-refractivity contribution in [2.45, 2.75) is 71.3 Å². The van der Waals surface area contributed by atoms with Gasteiger partial charge in [-0.15, -0.1) is 0 Å². The summed E-state index contributed by atoms with van der Waals surface area (Å²) in [5.74, 6) is -1.23. The molecule has 1 nitrogen and oxygen atoms in total. The van der Waals surface area contributed by atoms with Gasteiger partial charge in [0.2, 0.25) is 0 Å². The third kappa shape index (κ3) is 7.81. The SMILES string of the molecule is CCCCCCc1cc(F)c(CCc2ccc3c(F)c(CCc4ccc(OC(F)F)cc4)ccc3c2)c(F)c1. The van der Waals surface area contributed by atoms with Crippen LogP contribution in [0.5, 0.6) is 5.75 Å². The molecule has 4 rings (SSSR count). The van der Waals surface area contributed by atoms with Crippen molar-refractivity contribution >= 4 is 10.8 Å². The van der Waals surface area contributed by atoms with Crippen LogP contribution in [0, 0.1) is 17.5 Å². The van der Waals surface area contributed by atoms with Gasteiger partial charge in [0.05, 0.1) is 0 Å². The summed E-state index contributed by atoms with van der Waals surface area (Å²) >= 11 is 0. The Bertz CT molecular complexity index is 1360. The van der Waals surface area contributed by atoms with Crippen molar-refractivity contribution in [1.29, 1.82) is 0 Å². The first-order valence-corrected chi connectivity index (χ1v) is 13.5. The van der Waals surface area contributed by atoms with E-state index in [-0.39, 0.29) is 23.6 Å². The van der Waals surface area contributed by atoms with Gasteiger partial charge in [0.1, 0.15) is 23.2 Å². The van der Waals surface area contributed by atoms with Gasteiger partial charge in [-0.1, -0.05) is 68.7 Å². The summed E-state index contributed by atoms with van der Waals surface area (Å²) in [6, 6.07) is 18.2. The molecule has 0 aromatic heterocycles. The monoisotopic (exact) mass is 540 g/mol. The molecule has 4 aromatic rings. The number of halogens is 5. The summed E-state index contributed by atoms with van der Waals surface area (Å²) in [5.41, 5.74) is 3.10. The Hall–Kier alpha value is -3.41. The van der Waals surface area contributed by atoms with E-state index in [4.69, 9.17) is 0 Å². The van der Waals surface area contributed by atoms with E-state index in [1.165, 1.54) is 24.3 Å². The third-order valence-corrected chi connectivity index (χ3v) is 7.11. The maximum absolute atomic E-state index is 15.2. The van der Waals surface area contributed by atoms with E-state index in [9.17, 15) is 17.6 Å². The molecule has 0 saturated carbocycles. The fraction of sp³-hybridized carbons (Fsp3) is 0.333. The van der Waals surface area contributed by atoms with E-state index in [1.807, 2.05) is 12.1 Å². The molecule has 0 saturated heterocycles. The van der Waals surface area contributed by atoms with Gasteiger partial charge in [-0.25, -0.2) is 13.2 Å². The van der Waals surface area contributed by atoms with Gasteiger partial charge < -0.3 is 4.74 Å². The van der Waals surface area contributed by atoms with Crippen molar-refractivity contribution in [3.8, 4) is 5.75 Å². The van der Waals surface area contributed by atoms with Crippen molar-refractivity contribution in [3.05, 3.63) is 112 Å². The van der Waals surface area contributed by atoms with E-state index >= 15 is 4.39 Å². The number of hydrogen-bond donors (Lipinski definition) is 0. The third-order valence-electron chi connectivity index (χ3n) is 7.11. The number of aryl methyl sites for hydroxylation is 4. The molecular formula is C33H33F5O. The lowest BCUT2D eigenvalue weighted by Gasteiger charge is -2.11. The first-order chi connectivity index (χ1) is 18.8. The molecule has 0 bridgehead atoms. The Morgan fingerprint density at radius 2 is 1.33 bits per heavy atom. The molecule has 0 amide bonds. The van der Waals surface area contributed by atoms with Crippen LogP contribution in [-0.2, 0) is 32.1 Å². The molecule has 0 spiro atoms. The fourth-order valence-electron chi connectivity index (χ4n) is 4.92. The first kappa shape index (κ1) is 28.6. The number of alkyl halides is 2. The maximum Gasteiger partial charge on any atom is 0.387 e. The van der Waals surface area contributed by atoms with Crippen molar-refractivity contribution < 1.29 is 26.7 Å². The Labute approximate surface area is 226 Å². The quantitative estimate of drug-likeness (QED) is 0.121. The average molecular weight is 541 g/mol. The Morgan fingerprint density at radius 3 is 2.03 bits per heavy atom. The molecule has 0 aliphatic heterocycles. The maximum atomic E-state index is 15.2. The Balaban J connectivity index is 1.38. The molecule has 0 aliphatic carbocycles. The second-order valence-corrected chi connectivity index (χ2v) is 9.97. The predicted octanol–water partition coefficient (Wildman–Crippen LogP) is 9.55. The zero-order chi connectivity index (χ0) is 27.8. The van der Waals surface area contributed by atoms with Crippen LogP contribution >= 0.6 is 0 Å². The van der Waals surface area contributed by atoms with Crippen LogP contribution in [-0.4, -0.2) is 6.61 Å². The molecule has 0 radical (unpaired) electrons. The molecule has 0 fully saturated rings. The zero-order valence-corrected chi connectivity index (χ0v) is 22.1. The smallest absolute Gasteiger partial charge is 0.387 e. The molecule has 39 heavy (non-hydrogen) atoms. The highest BCUT2D eigenvalue weighted by Crippen LogP contribution is 2.26. The van der Waals surface area contributed by atoms with Gasteiger partial charge in [-0.05, 0) is 90.4 Å². The fourth-order valence-corrected chi connectivity index (χ4v) is 4.92. The number of benzene rings is 4. The standard InChI is InChI=1S/C33H33F5O/c1-2-3-4-5-6-24-20-30(34)29(31(35)21-24)18-11-23-10-17-28-26(19-23)14-13-25(32(28)36)12-7-22-8-15-27(16-9-22)39-33(37)38/h8-10,13-17,19-21,33H,2-7,11-12,18H2,1H3. The lowest BCUT2D eigenvalue weighted by molar-refractivity contribution is -0.0498. The van der Waals surface area contributed by atoms with E-state index < -0.39 is 18.2 Å². The average Bonchev–Trinajstić information content (AvgIpc) is 2.91.